The zero-order valence-electron chi connectivity index (χ0n) is 19.6. The number of hydrogen-bond donors (Lipinski definition) is 0. The first kappa shape index (κ1) is 23.4. The maximum atomic E-state index is 5.22. The van der Waals surface area contributed by atoms with E-state index in [1.165, 1.54) is 55.6 Å². The Bertz CT molecular complexity index is 1100. The third-order valence-corrected chi connectivity index (χ3v) is 6.88. The van der Waals surface area contributed by atoms with Crippen LogP contribution in [0.4, 0.5) is 0 Å². The van der Waals surface area contributed by atoms with Crippen molar-refractivity contribution in [1.82, 2.24) is 0 Å². The van der Waals surface area contributed by atoms with Crippen molar-refractivity contribution in [2.24, 2.45) is 4.99 Å². The molecule has 157 valence electrons. The number of rotatable bonds is 3. The van der Waals surface area contributed by atoms with Crippen molar-refractivity contribution >= 4 is 5.84 Å². The summed E-state index contributed by atoms with van der Waals surface area (Å²) in [5.74, 6) is 0.896. The van der Waals surface area contributed by atoms with E-state index in [1.54, 1.807) is 0 Å². The first-order valence-corrected chi connectivity index (χ1v) is 10.8. The Balaban J connectivity index is 0.00000272. The molecular formula is C28H31N2V+. The van der Waals surface area contributed by atoms with Crippen LogP contribution in [0.25, 0.3) is 5.32 Å². The van der Waals surface area contributed by atoms with Gasteiger partial charge in [0.1, 0.15) is 0 Å². The molecular weight excluding hydrogens is 415 g/mol. The average molecular weight is 447 g/mol. The zero-order valence-corrected chi connectivity index (χ0v) is 21.0. The Morgan fingerprint density at radius 1 is 0.581 bits per heavy atom. The van der Waals surface area contributed by atoms with Gasteiger partial charge in [0.05, 0.1) is 0 Å². The van der Waals surface area contributed by atoms with Crippen molar-refractivity contribution in [3.63, 3.8) is 0 Å². The monoisotopic (exact) mass is 446 g/mol. The summed E-state index contributed by atoms with van der Waals surface area (Å²) in [4.78, 5) is 5.22. The third kappa shape index (κ3) is 4.24. The standard InChI is InChI=1S/C28H31N2.V/c1-16-8-12-23(13-9-16)26-27(24-14-10-17(2)11-15-24)30-28(29-26)25-21(6)19(4)18(3)20(5)22(25)7;/h8-15,26-27H,1-7H3;/q-1;+2. The normalized spacial score (nSPS) is 17.7. The third-order valence-electron chi connectivity index (χ3n) is 6.88. The van der Waals surface area contributed by atoms with Gasteiger partial charge in [0.15, 0.2) is 0 Å². The minimum Gasteiger partial charge on any atom is -0.457 e. The average Bonchev–Trinajstić information content (AvgIpc) is 3.17. The molecule has 0 spiro atoms. The molecule has 0 aliphatic carbocycles. The molecule has 2 unspecified atom stereocenters. The van der Waals surface area contributed by atoms with E-state index in [1.807, 2.05) is 0 Å². The van der Waals surface area contributed by atoms with Crippen LogP contribution in [0.5, 0.6) is 0 Å². The van der Waals surface area contributed by atoms with Gasteiger partial charge in [0, 0.05) is 0 Å². The van der Waals surface area contributed by atoms with E-state index in [-0.39, 0.29) is 30.6 Å². The molecule has 31 heavy (non-hydrogen) atoms. The molecule has 3 aromatic rings. The van der Waals surface area contributed by atoms with E-state index in [0.717, 1.165) is 5.84 Å². The summed E-state index contributed by atoms with van der Waals surface area (Å²) in [6.07, 6.45) is 0. The van der Waals surface area contributed by atoms with Crippen molar-refractivity contribution in [1.29, 1.82) is 0 Å². The molecule has 0 saturated heterocycles. The maximum Gasteiger partial charge on any atom is 2.00 e. The first-order valence-electron chi connectivity index (χ1n) is 10.8. The molecule has 0 N–H and O–H groups in total. The van der Waals surface area contributed by atoms with Gasteiger partial charge in [-0.3, -0.25) is 0 Å². The molecule has 3 aromatic carbocycles. The molecule has 0 amide bonds. The van der Waals surface area contributed by atoms with E-state index < -0.39 is 0 Å². The Hall–Kier alpha value is -2.29. The molecule has 1 radical (unpaired) electrons. The van der Waals surface area contributed by atoms with Gasteiger partial charge in [0.2, 0.25) is 0 Å². The topological polar surface area (TPSA) is 26.5 Å². The van der Waals surface area contributed by atoms with E-state index in [0.29, 0.717) is 0 Å². The quantitative estimate of drug-likeness (QED) is 0.399. The van der Waals surface area contributed by atoms with Crippen LogP contribution in [-0.4, -0.2) is 5.84 Å². The van der Waals surface area contributed by atoms with E-state index in [9.17, 15) is 0 Å². The number of benzene rings is 3. The molecule has 4 rings (SSSR count). The van der Waals surface area contributed by atoms with Crippen LogP contribution in [0.2, 0.25) is 0 Å². The Morgan fingerprint density at radius 3 is 1.48 bits per heavy atom. The Labute approximate surface area is 199 Å². The number of nitrogens with zero attached hydrogens (tertiary/aromatic N) is 2. The Morgan fingerprint density at radius 2 is 1.00 bits per heavy atom. The number of amidine groups is 1. The summed E-state index contributed by atoms with van der Waals surface area (Å²) in [5, 5.41) is 5.22. The summed E-state index contributed by atoms with van der Waals surface area (Å²) in [5.41, 5.74) is 12.8. The summed E-state index contributed by atoms with van der Waals surface area (Å²) < 4.78 is 0. The molecule has 1 aliphatic heterocycles. The second-order valence-electron chi connectivity index (χ2n) is 8.79. The fraction of sp³-hybridized carbons (Fsp3) is 0.321. The molecule has 1 aliphatic rings. The molecule has 2 nitrogen and oxygen atoms in total. The molecule has 0 aromatic heterocycles. The second-order valence-corrected chi connectivity index (χ2v) is 8.79. The summed E-state index contributed by atoms with van der Waals surface area (Å²) in [6, 6.07) is 17.5. The van der Waals surface area contributed by atoms with Crippen molar-refractivity contribution in [3.8, 4) is 0 Å². The van der Waals surface area contributed by atoms with Gasteiger partial charge < -0.3 is 10.3 Å². The predicted octanol–water partition coefficient (Wildman–Crippen LogP) is 7.46. The number of aliphatic imine (C=N–C) groups is 1. The van der Waals surface area contributed by atoms with Gasteiger partial charge in [-0.25, -0.2) is 0 Å². The molecule has 0 saturated carbocycles. The van der Waals surface area contributed by atoms with Gasteiger partial charge in [-0.1, -0.05) is 65.5 Å². The minimum atomic E-state index is 0. The first-order chi connectivity index (χ1) is 14.3. The predicted molar refractivity (Wildman–Crippen MR) is 128 cm³/mol. The SMILES string of the molecule is Cc1ccc(C2N=C(c3c(C)c(C)c(C)c(C)c3C)[N-]C2c2ccc(C)cc2)cc1.[V+2]. The molecule has 3 heteroatoms. The van der Waals surface area contributed by atoms with Crippen LogP contribution < -0.4 is 0 Å². The van der Waals surface area contributed by atoms with E-state index in [2.05, 4.69) is 97.0 Å². The minimum absolute atomic E-state index is 0. The van der Waals surface area contributed by atoms with Crippen molar-refractivity contribution in [3.05, 3.63) is 109 Å². The number of aryl methyl sites for hydroxylation is 2. The summed E-state index contributed by atoms with van der Waals surface area (Å²) in [6.45, 7) is 15.3. The van der Waals surface area contributed by atoms with E-state index in [4.69, 9.17) is 10.3 Å². The summed E-state index contributed by atoms with van der Waals surface area (Å²) in [7, 11) is 0. The fourth-order valence-electron chi connectivity index (χ4n) is 4.44. The number of hydrogen-bond acceptors (Lipinski definition) is 1. The van der Waals surface area contributed by atoms with Crippen molar-refractivity contribution in [2.75, 3.05) is 0 Å². The van der Waals surface area contributed by atoms with Crippen LogP contribution in [0.15, 0.2) is 53.5 Å². The van der Waals surface area contributed by atoms with Crippen molar-refractivity contribution in [2.45, 2.75) is 60.5 Å². The van der Waals surface area contributed by atoms with Crippen LogP contribution in [-0.2, 0) is 18.6 Å². The molecule has 1 heterocycles. The smallest absolute Gasteiger partial charge is 0.457 e. The van der Waals surface area contributed by atoms with Gasteiger partial charge in [-0.15, -0.1) is 0 Å². The largest absolute Gasteiger partial charge is 2.00 e. The summed E-state index contributed by atoms with van der Waals surface area (Å²) >= 11 is 0. The van der Waals surface area contributed by atoms with Gasteiger partial charge in [0.25, 0.3) is 0 Å². The van der Waals surface area contributed by atoms with Crippen molar-refractivity contribution < 1.29 is 18.6 Å². The zero-order chi connectivity index (χ0) is 21.6. The Kier molecular flexibility index (Phi) is 6.84. The van der Waals surface area contributed by atoms with Crippen LogP contribution in [0.3, 0.4) is 0 Å². The van der Waals surface area contributed by atoms with Gasteiger partial charge in [-0.05, 0) is 105 Å². The van der Waals surface area contributed by atoms with Crippen LogP contribution >= 0.6 is 0 Å². The molecule has 0 fully saturated rings. The fourth-order valence-corrected chi connectivity index (χ4v) is 4.44. The maximum absolute atomic E-state index is 5.22. The van der Waals surface area contributed by atoms with Crippen LogP contribution in [0, 0.1) is 48.5 Å². The van der Waals surface area contributed by atoms with Gasteiger partial charge in [-0.2, -0.15) is 0 Å². The second kappa shape index (κ2) is 9.06. The van der Waals surface area contributed by atoms with E-state index >= 15 is 0 Å². The molecule has 2 atom stereocenters. The van der Waals surface area contributed by atoms with Crippen LogP contribution in [0.1, 0.15) is 67.7 Å². The van der Waals surface area contributed by atoms with Gasteiger partial charge >= 0.3 is 18.6 Å². The molecule has 0 bridgehead atoms.